The Hall–Kier alpha value is -3.03. The lowest BCUT2D eigenvalue weighted by Gasteiger charge is -2.12. The van der Waals surface area contributed by atoms with Crippen LogP contribution in [0.25, 0.3) is 22.2 Å². The Morgan fingerprint density at radius 2 is 1.94 bits per heavy atom. The first-order valence-corrected chi connectivity index (χ1v) is 12.1. The number of rotatable bonds is 7. The number of aryl methyl sites for hydroxylation is 2. The average Bonchev–Trinajstić information content (AvgIpc) is 3.13. The molecule has 1 N–H and O–H groups in total. The summed E-state index contributed by atoms with van der Waals surface area (Å²) in [6, 6.07) is 15.4. The van der Waals surface area contributed by atoms with E-state index in [1.165, 1.54) is 11.8 Å². The minimum Gasteiger partial charge on any atom is -0.344 e. The second-order valence-electron chi connectivity index (χ2n) is 7.89. The van der Waals surface area contributed by atoms with Crippen LogP contribution in [-0.2, 0) is 18.4 Å². The van der Waals surface area contributed by atoms with Crippen LogP contribution >= 0.6 is 23.4 Å². The van der Waals surface area contributed by atoms with Crippen molar-refractivity contribution in [2.75, 3.05) is 11.1 Å². The van der Waals surface area contributed by atoms with Gasteiger partial charge in [-0.05, 0) is 36.6 Å². The molecular weight excluding hydrogens is 456 g/mol. The highest BCUT2D eigenvalue weighted by molar-refractivity contribution is 7.99. The number of thioether (sulfide) groups is 1. The molecule has 2 aromatic carbocycles. The summed E-state index contributed by atoms with van der Waals surface area (Å²) in [6.45, 7) is 4.48. The fourth-order valence-electron chi connectivity index (χ4n) is 3.75. The molecule has 2 aromatic heterocycles. The number of aromatic nitrogens is 3. The predicted octanol–water partition coefficient (Wildman–Crippen LogP) is 5.50. The number of carbonyl (C=O) groups excluding carboxylic acids is 1. The standard InChI is InChI=1S/C25H25ClN4O2S/c1-4-12-30-24(32)23-22(18(14-29(23)3)17-8-6-5-7-9-17)28-25(30)33-15-21(31)27-20-11-10-16(2)13-19(20)26/h5-11,13-14H,4,12,15H2,1-3H3,(H,27,31). The number of carbonyl (C=O) groups is 1. The summed E-state index contributed by atoms with van der Waals surface area (Å²) in [4.78, 5) is 30.9. The van der Waals surface area contributed by atoms with Gasteiger partial charge in [0.15, 0.2) is 5.16 Å². The lowest BCUT2D eigenvalue weighted by atomic mass is 10.1. The monoisotopic (exact) mass is 480 g/mol. The van der Waals surface area contributed by atoms with E-state index < -0.39 is 0 Å². The Balaban J connectivity index is 1.68. The summed E-state index contributed by atoms with van der Waals surface area (Å²) in [5.41, 5.74) is 4.57. The van der Waals surface area contributed by atoms with Crippen molar-refractivity contribution in [3.63, 3.8) is 0 Å². The summed E-state index contributed by atoms with van der Waals surface area (Å²) in [7, 11) is 1.86. The quantitative estimate of drug-likeness (QED) is 0.280. The fourth-order valence-corrected chi connectivity index (χ4v) is 4.85. The molecule has 6 nitrogen and oxygen atoms in total. The lowest BCUT2D eigenvalue weighted by Crippen LogP contribution is -2.25. The Morgan fingerprint density at radius 3 is 2.64 bits per heavy atom. The third kappa shape index (κ3) is 4.84. The predicted molar refractivity (Wildman–Crippen MR) is 136 cm³/mol. The first-order chi connectivity index (χ1) is 15.9. The van der Waals surface area contributed by atoms with Crippen LogP contribution in [0.5, 0.6) is 0 Å². The van der Waals surface area contributed by atoms with Crippen molar-refractivity contribution in [3.8, 4) is 11.1 Å². The number of amides is 1. The Bertz CT molecular complexity index is 1380. The molecule has 4 rings (SSSR count). The van der Waals surface area contributed by atoms with E-state index in [9.17, 15) is 9.59 Å². The van der Waals surface area contributed by atoms with Gasteiger partial charge in [-0.2, -0.15) is 0 Å². The second-order valence-corrected chi connectivity index (χ2v) is 9.24. The minimum absolute atomic E-state index is 0.101. The molecule has 0 saturated heterocycles. The highest BCUT2D eigenvalue weighted by Crippen LogP contribution is 2.29. The number of fused-ring (bicyclic) bond motifs is 1. The van der Waals surface area contributed by atoms with Crippen LogP contribution in [0.3, 0.4) is 0 Å². The molecule has 33 heavy (non-hydrogen) atoms. The third-order valence-electron chi connectivity index (χ3n) is 5.30. The maximum absolute atomic E-state index is 13.4. The molecule has 0 aliphatic heterocycles. The smallest absolute Gasteiger partial charge is 0.278 e. The number of nitrogens with zero attached hydrogens (tertiary/aromatic N) is 3. The third-order valence-corrected chi connectivity index (χ3v) is 6.59. The number of hydrogen-bond acceptors (Lipinski definition) is 4. The van der Waals surface area contributed by atoms with Crippen molar-refractivity contribution in [2.24, 2.45) is 7.05 Å². The number of benzene rings is 2. The Labute approximate surface area is 201 Å². The number of halogens is 1. The van der Waals surface area contributed by atoms with E-state index in [-0.39, 0.29) is 17.2 Å². The van der Waals surface area contributed by atoms with Crippen molar-refractivity contribution in [1.29, 1.82) is 0 Å². The van der Waals surface area contributed by atoms with E-state index in [4.69, 9.17) is 16.6 Å². The van der Waals surface area contributed by atoms with Gasteiger partial charge in [0.25, 0.3) is 5.56 Å². The number of hydrogen-bond donors (Lipinski definition) is 1. The molecular formula is C25H25ClN4O2S. The van der Waals surface area contributed by atoms with Crippen LogP contribution < -0.4 is 10.9 Å². The molecule has 0 aliphatic carbocycles. The molecule has 0 bridgehead atoms. The van der Waals surface area contributed by atoms with Gasteiger partial charge in [0, 0.05) is 25.4 Å². The topological polar surface area (TPSA) is 68.9 Å². The molecule has 4 aromatic rings. The zero-order valence-electron chi connectivity index (χ0n) is 18.8. The number of nitrogens with one attached hydrogen (secondary N) is 1. The summed E-state index contributed by atoms with van der Waals surface area (Å²) in [6.07, 6.45) is 2.72. The van der Waals surface area contributed by atoms with E-state index in [2.05, 4.69) is 5.32 Å². The van der Waals surface area contributed by atoms with Crippen LogP contribution in [0.2, 0.25) is 5.02 Å². The van der Waals surface area contributed by atoms with Gasteiger partial charge in [-0.3, -0.25) is 14.2 Å². The summed E-state index contributed by atoms with van der Waals surface area (Å²) >= 11 is 7.49. The lowest BCUT2D eigenvalue weighted by molar-refractivity contribution is -0.113. The van der Waals surface area contributed by atoms with E-state index in [1.54, 1.807) is 16.7 Å². The minimum atomic E-state index is -0.209. The van der Waals surface area contributed by atoms with Crippen molar-refractivity contribution >= 4 is 46.0 Å². The van der Waals surface area contributed by atoms with Crippen LogP contribution in [-0.4, -0.2) is 25.8 Å². The van der Waals surface area contributed by atoms with E-state index >= 15 is 0 Å². The Kier molecular flexibility index (Phi) is 6.91. The average molecular weight is 481 g/mol. The van der Waals surface area contributed by atoms with E-state index in [0.717, 1.165) is 23.1 Å². The van der Waals surface area contributed by atoms with Gasteiger partial charge in [-0.15, -0.1) is 0 Å². The molecule has 0 saturated carbocycles. The highest BCUT2D eigenvalue weighted by Gasteiger charge is 2.19. The molecule has 8 heteroatoms. The van der Waals surface area contributed by atoms with Crippen LogP contribution in [0.1, 0.15) is 18.9 Å². The van der Waals surface area contributed by atoms with Crippen molar-refractivity contribution in [1.82, 2.24) is 14.1 Å². The SMILES string of the molecule is CCCn1c(SCC(=O)Nc2ccc(C)cc2Cl)nc2c(-c3ccccc3)cn(C)c2c1=O. The summed E-state index contributed by atoms with van der Waals surface area (Å²) < 4.78 is 3.49. The van der Waals surface area contributed by atoms with Gasteiger partial charge in [-0.1, -0.05) is 66.7 Å². The van der Waals surface area contributed by atoms with Crippen LogP contribution in [0, 0.1) is 6.92 Å². The summed E-state index contributed by atoms with van der Waals surface area (Å²) in [5, 5.41) is 3.86. The van der Waals surface area contributed by atoms with Crippen molar-refractivity contribution in [2.45, 2.75) is 32.0 Å². The molecule has 0 aliphatic rings. The molecule has 0 unspecified atom stereocenters. The highest BCUT2D eigenvalue weighted by atomic mass is 35.5. The largest absolute Gasteiger partial charge is 0.344 e. The maximum Gasteiger partial charge on any atom is 0.278 e. The number of anilines is 1. The zero-order valence-corrected chi connectivity index (χ0v) is 20.3. The molecule has 0 radical (unpaired) electrons. The van der Waals surface area contributed by atoms with Gasteiger partial charge < -0.3 is 9.88 Å². The first-order valence-electron chi connectivity index (χ1n) is 10.7. The van der Waals surface area contributed by atoms with Crippen LogP contribution in [0.4, 0.5) is 5.69 Å². The van der Waals surface area contributed by atoms with E-state index in [0.29, 0.717) is 33.4 Å². The van der Waals surface area contributed by atoms with Gasteiger partial charge in [-0.25, -0.2) is 4.98 Å². The molecule has 1 amide bonds. The molecule has 0 atom stereocenters. The van der Waals surface area contributed by atoms with Crippen LogP contribution in [0.15, 0.2) is 64.7 Å². The molecule has 170 valence electrons. The van der Waals surface area contributed by atoms with Gasteiger partial charge in [0.2, 0.25) is 5.91 Å². The maximum atomic E-state index is 13.4. The van der Waals surface area contributed by atoms with Crippen molar-refractivity contribution in [3.05, 3.63) is 75.7 Å². The normalized spacial score (nSPS) is 11.2. The molecule has 0 spiro atoms. The zero-order chi connectivity index (χ0) is 23.5. The second kappa shape index (κ2) is 9.85. The Morgan fingerprint density at radius 1 is 1.18 bits per heavy atom. The fraction of sp³-hybridized carbons (Fsp3) is 0.240. The molecule has 2 heterocycles. The summed E-state index contributed by atoms with van der Waals surface area (Å²) in [5.74, 6) is -0.0983. The first kappa shape index (κ1) is 23.1. The van der Waals surface area contributed by atoms with Crippen molar-refractivity contribution < 1.29 is 4.79 Å². The van der Waals surface area contributed by atoms with Gasteiger partial charge >= 0.3 is 0 Å². The van der Waals surface area contributed by atoms with Gasteiger partial charge in [0.05, 0.1) is 16.5 Å². The molecule has 0 fully saturated rings. The van der Waals surface area contributed by atoms with Gasteiger partial charge in [0.1, 0.15) is 11.0 Å². The van der Waals surface area contributed by atoms with E-state index in [1.807, 2.05) is 68.1 Å².